The van der Waals surface area contributed by atoms with Crippen LogP contribution in [0.3, 0.4) is 0 Å². The number of hydrogen-bond donors (Lipinski definition) is 1. The molecule has 1 N–H and O–H groups in total. The summed E-state index contributed by atoms with van der Waals surface area (Å²) in [6.07, 6.45) is 0.363. The molecule has 0 aromatic heterocycles. The third kappa shape index (κ3) is 3.70. The van der Waals surface area contributed by atoms with Crippen molar-refractivity contribution in [2.24, 2.45) is 0 Å². The van der Waals surface area contributed by atoms with Crippen molar-refractivity contribution in [2.75, 3.05) is 20.8 Å². The van der Waals surface area contributed by atoms with Gasteiger partial charge in [-0.25, -0.2) is 0 Å². The topological polar surface area (TPSA) is 76.1 Å². The second-order valence-corrected chi connectivity index (χ2v) is 6.66. The number of benzene rings is 1. The van der Waals surface area contributed by atoms with Gasteiger partial charge in [0, 0.05) is 19.7 Å². The van der Waals surface area contributed by atoms with Crippen LogP contribution in [0.5, 0.6) is 5.75 Å². The number of aliphatic carboxylic acids is 1. The quantitative estimate of drug-likeness (QED) is 0.861. The highest BCUT2D eigenvalue weighted by molar-refractivity contribution is 5.88. The number of nitrogens with zero attached hydrogens (tertiary/aromatic N) is 1. The molecule has 1 heterocycles. The minimum Gasteiger partial charge on any atom is -0.497 e. The fourth-order valence-electron chi connectivity index (χ4n) is 3.18. The summed E-state index contributed by atoms with van der Waals surface area (Å²) in [7, 11) is 3.18. The van der Waals surface area contributed by atoms with E-state index in [4.69, 9.17) is 14.6 Å². The van der Waals surface area contributed by atoms with Gasteiger partial charge in [-0.2, -0.15) is 0 Å². The Bertz CT molecular complexity index is 596. The zero-order valence-electron chi connectivity index (χ0n) is 14.6. The molecule has 0 radical (unpaired) electrons. The minimum atomic E-state index is -0.906. The van der Waals surface area contributed by atoms with Crippen molar-refractivity contribution in [3.05, 3.63) is 29.8 Å². The van der Waals surface area contributed by atoms with E-state index in [-0.39, 0.29) is 24.5 Å². The zero-order chi connectivity index (χ0) is 17.9. The summed E-state index contributed by atoms with van der Waals surface area (Å²) < 4.78 is 10.5. The van der Waals surface area contributed by atoms with Gasteiger partial charge >= 0.3 is 5.97 Å². The predicted octanol–water partition coefficient (Wildman–Crippen LogP) is 2.06. The third-order valence-electron chi connectivity index (χ3n) is 4.73. The molecule has 24 heavy (non-hydrogen) atoms. The number of carbonyl (C=O) groups excluding carboxylic acids is 1. The summed E-state index contributed by atoms with van der Waals surface area (Å²) in [5, 5.41) is 9.12. The fourth-order valence-corrected chi connectivity index (χ4v) is 3.18. The Labute approximate surface area is 142 Å². The maximum Gasteiger partial charge on any atom is 0.305 e. The van der Waals surface area contributed by atoms with Crippen LogP contribution in [-0.4, -0.2) is 54.8 Å². The maximum atomic E-state index is 13.1. The van der Waals surface area contributed by atoms with E-state index in [2.05, 4.69) is 0 Å². The Morgan fingerprint density at radius 3 is 2.38 bits per heavy atom. The lowest BCUT2D eigenvalue weighted by Crippen LogP contribution is -2.46. The van der Waals surface area contributed by atoms with Crippen LogP contribution in [0.15, 0.2) is 24.3 Å². The van der Waals surface area contributed by atoms with Crippen LogP contribution < -0.4 is 4.74 Å². The molecule has 6 nitrogen and oxygen atoms in total. The van der Waals surface area contributed by atoms with Crippen LogP contribution in [0.25, 0.3) is 0 Å². The molecule has 2 unspecified atom stereocenters. The average molecular weight is 335 g/mol. The van der Waals surface area contributed by atoms with E-state index in [0.717, 1.165) is 11.3 Å². The first-order valence-electron chi connectivity index (χ1n) is 7.99. The van der Waals surface area contributed by atoms with Crippen LogP contribution >= 0.6 is 0 Å². The highest BCUT2D eigenvalue weighted by Crippen LogP contribution is 2.32. The number of methoxy groups -OCH3 is 2. The van der Waals surface area contributed by atoms with E-state index >= 15 is 0 Å². The maximum absolute atomic E-state index is 13.1. The van der Waals surface area contributed by atoms with Crippen molar-refractivity contribution in [2.45, 2.75) is 44.2 Å². The van der Waals surface area contributed by atoms with Crippen molar-refractivity contribution < 1.29 is 24.2 Å². The van der Waals surface area contributed by atoms with Crippen LogP contribution in [0, 0.1) is 0 Å². The molecule has 6 heteroatoms. The second kappa shape index (κ2) is 7.21. The SMILES string of the molecule is COc1ccc(C(C)(C)C(=O)N2CC(OC)CC2CC(=O)O)cc1. The lowest BCUT2D eigenvalue weighted by Gasteiger charge is -2.33. The van der Waals surface area contributed by atoms with E-state index in [1.165, 1.54) is 0 Å². The molecule has 2 atom stereocenters. The van der Waals surface area contributed by atoms with Gasteiger partial charge in [0.05, 0.1) is 25.0 Å². The Morgan fingerprint density at radius 1 is 1.25 bits per heavy atom. The lowest BCUT2D eigenvalue weighted by atomic mass is 9.83. The lowest BCUT2D eigenvalue weighted by molar-refractivity contribution is -0.141. The monoisotopic (exact) mass is 335 g/mol. The van der Waals surface area contributed by atoms with E-state index in [0.29, 0.717) is 13.0 Å². The van der Waals surface area contributed by atoms with Gasteiger partial charge in [0.1, 0.15) is 5.75 Å². The van der Waals surface area contributed by atoms with Gasteiger partial charge in [0.15, 0.2) is 0 Å². The van der Waals surface area contributed by atoms with E-state index in [9.17, 15) is 9.59 Å². The van der Waals surface area contributed by atoms with Crippen LogP contribution in [0.2, 0.25) is 0 Å². The number of ether oxygens (including phenoxy) is 2. The molecule has 1 amide bonds. The van der Waals surface area contributed by atoms with Gasteiger partial charge in [-0.05, 0) is 38.0 Å². The summed E-state index contributed by atoms with van der Waals surface area (Å²) in [6.45, 7) is 4.14. The van der Waals surface area contributed by atoms with Crippen molar-refractivity contribution in [3.8, 4) is 5.75 Å². The largest absolute Gasteiger partial charge is 0.497 e. The first kappa shape index (κ1) is 18.3. The van der Waals surface area contributed by atoms with Gasteiger partial charge < -0.3 is 19.5 Å². The van der Waals surface area contributed by atoms with Gasteiger partial charge in [0.25, 0.3) is 0 Å². The molecule has 2 rings (SSSR count). The fraction of sp³-hybridized carbons (Fsp3) is 0.556. The summed E-state index contributed by atoms with van der Waals surface area (Å²) in [6, 6.07) is 7.04. The van der Waals surface area contributed by atoms with Crippen LogP contribution in [0.1, 0.15) is 32.3 Å². The summed E-state index contributed by atoms with van der Waals surface area (Å²) >= 11 is 0. The number of carboxylic acid groups (broad SMARTS) is 1. The zero-order valence-corrected chi connectivity index (χ0v) is 14.6. The average Bonchev–Trinajstić information content (AvgIpc) is 2.96. The summed E-state index contributed by atoms with van der Waals surface area (Å²) in [5.74, 6) is -0.262. The Morgan fingerprint density at radius 2 is 1.88 bits per heavy atom. The Kier molecular flexibility index (Phi) is 5.49. The molecule has 0 spiro atoms. The molecule has 1 fully saturated rings. The molecular weight excluding hydrogens is 310 g/mol. The molecule has 0 saturated carbocycles. The summed E-state index contributed by atoms with van der Waals surface area (Å²) in [4.78, 5) is 25.9. The molecule has 0 bridgehead atoms. The molecular formula is C18H25NO5. The normalized spacial score (nSPS) is 20.9. The minimum absolute atomic E-state index is 0.0652. The van der Waals surface area contributed by atoms with E-state index in [1.807, 2.05) is 38.1 Å². The standard InChI is InChI=1S/C18H25NO5/c1-18(2,12-5-7-14(23-3)8-6-12)17(22)19-11-15(24-4)9-13(19)10-16(20)21/h5-8,13,15H,9-11H2,1-4H3,(H,20,21). The molecule has 1 aliphatic heterocycles. The van der Waals surface area contributed by atoms with Crippen LogP contribution in [0.4, 0.5) is 0 Å². The predicted molar refractivity (Wildman–Crippen MR) is 89.2 cm³/mol. The first-order chi connectivity index (χ1) is 11.3. The number of carboxylic acids is 1. The molecule has 1 saturated heterocycles. The highest BCUT2D eigenvalue weighted by atomic mass is 16.5. The molecule has 0 aliphatic carbocycles. The summed E-state index contributed by atoms with van der Waals surface area (Å²) in [5.41, 5.74) is 0.106. The molecule has 132 valence electrons. The number of amides is 1. The van der Waals surface area contributed by atoms with Gasteiger partial charge in [-0.15, -0.1) is 0 Å². The Balaban J connectivity index is 2.24. The van der Waals surface area contributed by atoms with E-state index < -0.39 is 11.4 Å². The molecule has 1 aromatic rings. The van der Waals surface area contributed by atoms with Gasteiger partial charge in [0.2, 0.25) is 5.91 Å². The third-order valence-corrected chi connectivity index (χ3v) is 4.73. The molecule has 1 aliphatic rings. The van der Waals surface area contributed by atoms with E-state index in [1.54, 1.807) is 19.1 Å². The van der Waals surface area contributed by atoms with Gasteiger partial charge in [-0.1, -0.05) is 12.1 Å². The van der Waals surface area contributed by atoms with Crippen molar-refractivity contribution in [3.63, 3.8) is 0 Å². The highest BCUT2D eigenvalue weighted by Gasteiger charge is 2.42. The van der Waals surface area contributed by atoms with Crippen molar-refractivity contribution >= 4 is 11.9 Å². The first-order valence-corrected chi connectivity index (χ1v) is 7.99. The van der Waals surface area contributed by atoms with Crippen LogP contribution in [-0.2, 0) is 19.7 Å². The number of hydrogen-bond acceptors (Lipinski definition) is 4. The number of likely N-dealkylation sites (tertiary alicyclic amines) is 1. The number of carbonyl (C=O) groups is 2. The van der Waals surface area contributed by atoms with Crippen molar-refractivity contribution in [1.29, 1.82) is 0 Å². The van der Waals surface area contributed by atoms with Crippen molar-refractivity contribution in [1.82, 2.24) is 4.90 Å². The second-order valence-electron chi connectivity index (χ2n) is 6.66. The number of rotatable bonds is 6. The Hall–Kier alpha value is -2.08. The van der Waals surface area contributed by atoms with Gasteiger partial charge in [-0.3, -0.25) is 9.59 Å². The molecule has 1 aromatic carbocycles. The smallest absolute Gasteiger partial charge is 0.305 e.